The van der Waals surface area contributed by atoms with Crippen molar-refractivity contribution in [2.24, 2.45) is 0 Å². The fourth-order valence-electron chi connectivity index (χ4n) is 2.24. The average Bonchev–Trinajstić information content (AvgIpc) is 2.46. The van der Waals surface area contributed by atoms with Crippen molar-refractivity contribution in [3.8, 4) is 0 Å². The molecular formula is C12H21O9. The van der Waals surface area contributed by atoms with Gasteiger partial charge in [0.15, 0.2) is 6.29 Å². The van der Waals surface area contributed by atoms with Gasteiger partial charge in [-0.05, 0) is 6.92 Å². The van der Waals surface area contributed by atoms with Crippen molar-refractivity contribution in [3.05, 3.63) is 6.61 Å². The van der Waals surface area contributed by atoms with E-state index in [9.17, 15) is 30.6 Å². The number of ether oxygens (including phenoxy) is 3. The third-order valence-electron chi connectivity index (χ3n) is 3.71. The van der Waals surface area contributed by atoms with Crippen LogP contribution >= 0.6 is 0 Å². The molecule has 2 aliphatic heterocycles. The van der Waals surface area contributed by atoms with Crippen LogP contribution in [0.3, 0.4) is 0 Å². The van der Waals surface area contributed by atoms with Gasteiger partial charge in [0.2, 0.25) is 0 Å². The highest BCUT2D eigenvalue weighted by Crippen LogP contribution is 2.24. The largest absolute Gasteiger partial charge is 0.388 e. The van der Waals surface area contributed by atoms with Crippen molar-refractivity contribution in [1.82, 2.24) is 0 Å². The zero-order valence-corrected chi connectivity index (χ0v) is 11.4. The minimum atomic E-state index is -1.46. The average molecular weight is 309 g/mol. The van der Waals surface area contributed by atoms with E-state index in [1.807, 2.05) is 0 Å². The molecule has 0 amide bonds. The monoisotopic (exact) mass is 309 g/mol. The van der Waals surface area contributed by atoms with Gasteiger partial charge in [0.1, 0.15) is 49.3 Å². The van der Waals surface area contributed by atoms with Gasteiger partial charge in [0.05, 0.1) is 12.7 Å². The SMILES string of the molecule is C[C@@H]1O[C@@H](OC[C@H]2O[CH][C@H](O)[C@@H](O)[C@@H]2O)[C@H](O)[C@H](O)[C@H]1O. The summed E-state index contributed by atoms with van der Waals surface area (Å²) in [5, 5.41) is 57.4. The minimum Gasteiger partial charge on any atom is -0.388 e. The standard InChI is InChI=1S/C12H21O9/c1-4-7(14)10(17)11(18)12(21-4)20-3-6-9(16)8(15)5(13)2-19-6/h2,4-18H,3H2,1H3/t4-,5-,6+,7-,8+,9+,10+,11+,12+/m0/s1. The van der Waals surface area contributed by atoms with Crippen LogP contribution in [-0.2, 0) is 14.2 Å². The first-order valence-electron chi connectivity index (χ1n) is 6.67. The summed E-state index contributed by atoms with van der Waals surface area (Å²) in [6.45, 7) is 2.24. The van der Waals surface area contributed by atoms with Crippen molar-refractivity contribution in [2.75, 3.05) is 6.61 Å². The van der Waals surface area contributed by atoms with E-state index in [1.54, 1.807) is 0 Å². The predicted molar refractivity (Wildman–Crippen MR) is 65.5 cm³/mol. The molecule has 0 aromatic carbocycles. The van der Waals surface area contributed by atoms with Gasteiger partial charge in [0.25, 0.3) is 0 Å². The zero-order chi connectivity index (χ0) is 15.7. The third-order valence-corrected chi connectivity index (χ3v) is 3.71. The molecule has 2 saturated heterocycles. The Kier molecular flexibility index (Phi) is 5.52. The molecule has 2 heterocycles. The molecule has 6 N–H and O–H groups in total. The lowest BCUT2D eigenvalue weighted by Gasteiger charge is -2.40. The molecule has 0 aliphatic carbocycles. The van der Waals surface area contributed by atoms with E-state index >= 15 is 0 Å². The van der Waals surface area contributed by atoms with Gasteiger partial charge in [-0.15, -0.1) is 0 Å². The molecule has 1 radical (unpaired) electrons. The summed E-state index contributed by atoms with van der Waals surface area (Å²) in [4.78, 5) is 0. The highest BCUT2D eigenvalue weighted by Gasteiger charge is 2.44. The number of rotatable bonds is 3. The van der Waals surface area contributed by atoms with Gasteiger partial charge in [0, 0.05) is 0 Å². The van der Waals surface area contributed by atoms with Crippen molar-refractivity contribution in [3.63, 3.8) is 0 Å². The van der Waals surface area contributed by atoms with Gasteiger partial charge < -0.3 is 44.8 Å². The van der Waals surface area contributed by atoms with Crippen LogP contribution in [0.15, 0.2) is 0 Å². The van der Waals surface area contributed by atoms with E-state index in [0.717, 1.165) is 6.61 Å². The van der Waals surface area contributed by atoms with Crippen LogP contribution in [-0.4, -0.2) is 92.4 Å². The molecule has 9 atom stereocenters. The van der Waals surface area contributed by atoms with Gasteiger partial charge >= 0.3 is 0 Å². The molecule has 2 aliphatic rings. The molecular weight excluding hydrogens is 288 g/mol. The van der Waals surface area contributed by atoms with Gasteiger partial charge in [-0.25, -0.2) is 0 Å². The van der Waals surface area contributed by atoms with Gasteiger partial charge in [-0.2, -0.15) is 0 Å². The van der Waals surface area contributed by atoms with Gasteiger partial charge in [-0.1, -0.05) is 0 Å². The Labute approximate surface area is 121 Å². The van der Waals surface area contributed by atoms with Crippen LogP contribution in [0.25, 0.3) is 0 Å². The quantitative estimate of drug-likeness (QED) is 0.312. The second kappa shape index (κ2) is 6.82. The van der Waals surface area contributed by atoms with Crippen molar-refractivity contribution < 1.29 is 44.8 Å². The molecule has 21 heavy (non-hydrogen) atoms. The number of aliphatic hydroxyl groups excluding tert-OH is 6. The number of aliphatic hydroxyl groups is 6. The molecule has 0 bridgehead atoms. The van der Waals surface area contributed by atoms with Crippen molar-refractivity contribution in [2.45, 2.75) is 62.0 Å². The van der Waals surface area contributed by atoms with Crippen molar-refractivity contribution in [1.29, 1.82) is 0 Å². The van der Waals surface area contributed by atoms with Crippen LogP contribution in [0.1, 0.15) is 6.92 Å². The summed E-state index contributed by atoms with van der Waals surface area (Å²) in [5.41, 5.74) is 0. The highest BCUT2D eigenvalue weighted by atomic mass is 16.7. The first kappa shape index (κ1) is 17.0. The fourth-order valence-corrected chi connectivity index (χ4v) is 2.24. The summed E-state index contributed by atoms with van der Waals surface area (Å²) in [6.07, 6.45) is -11.1. The summed E-state index contributed by atoms with van der Waals surface area (Å²) in [5.74, 6) is 0. The predicted octanol–water partition coefficient (Wildman–Crippen LogP) is -3.53. The maximum absolute atomic E-state index is 9.75. The Bertz CT molecular complexity index is 341. The van der Waals surface area contributed by atoms with E-state index in [2.05, 4.69) is 0 Å². The molecule has 2 fully saturated rings. The van der Waals surface area contributed by atoms with Crippen LogP contribution in [0.2, 0.25) is 0 Å². The minimum absolute atomic E-state index is 0.251. The Balaban J connectivity index is 1.88. The lowest BCUT2D eigenvalue weighted by Crippen LogP contribution is -2.58. The molecule has 0 unspecified atom stereocenters. The van der Waals surface area contributed by atoms with Crippen LogP contribution in [0.5, 0.6) is 0 Å². The normalized spacial score (nSPS) is 51.9. The topological polar surface area (TPSA) is 149 Å². The Morgan fingerprint density at radius 1 is 0.905 bits per heavy atom. The molecule has 9 heteroatoms. The molecule has 0 saturated carbocycles. The molecule has 0 aromatic heterocycles. The van der Waals surface area contributed by atoms with Crippen LogP contribution in [0, 0.1) is 6.61 Å². The highest BCUT2D eigenvalue weighted by molar-refractivity contribution is 4.92. The molecule has 0 aromatic rings. The number of hydrogen-bond acceptors (Lipinski definition) is 9. The lowest BCUT2D eigenvalue weighted by atomic mass is 9.99. The zero-order valence-electron chi connectivity index (χ0n) is 11.4. The van der Waals surface area contributed by atoms with E-state index in [4.69, 9.17) is 14.2 Å². The maximum Gasteiger partial charge on any atom is 0.186 e. The second-order valence-corrected chi connectivity index (χ2v) is 5.30. The Morgan fingerprint density at radius 2 is 1.57 bits per heavy atom. The Morgan fingerprint density at radius 3 is 2.24 bits per heavy atom. The van der Waals surface area contributed by atoms with Crippen LogP contribution in [0.4, 0.5) is 0 Å². The van der Waals surface area contributed by atoms with E-state index in [1.165, 1.54) is 6.92 Å². The van der Waals surface area contributed by atoms with E-state index in [0.29, 0.717) is 0 Å². The molecule has 123 valence electrons. The molecule has 9 nitrogen and oxygen atoms in total. The Hall–Kier alpha value is -0.360. The lowest BCUT2D eigenvalue weighted by molar-refractivity contribution is -0.302. The summed E-state index contributed by atoms with van der Waals surface area (Å²) in [6, 6.07) is 0. The number of hydrogen-bond donors (Lipinski definition) is 6. The van der Waals surface area contributed by atoms with E-state index in [-0.39, 0.29) is 6.61 Å². The maximum atomic E-state index is 9.75. The third kappa shape index (κ3) is 3.52. The summed E-state index contributed by atoms with van der Waals surface area (Å²) < 4.78 is 15.5. The van der Waals surface area contributed by atoms with Crippen molar-refractivity contribution >= 4 is 0 Å². The smallest absolute Gasteiger partial charge is 0.186 e. The summed E-state index contributed by atoms with van der Waals surface area (Å²) >= 11 is 0. The summed E-state index contributed by atoms with van der Waals surface area (Å²) in [7, 11) is 0. The fraction of sp³-hybridized carbons (Fsp3) is 0.917. The first-order valence-corrected chi connectivity index (χ1v) is 6.67. The van der Waals surface area contributed by atoms with Gasteiger partial charge in [-0.3, -0.25) is 0 Å². The first-order chi connectivity index (χ1) is 9.82. The molecule has 0 spiro atoms. The second-order valence-electron chi connectivity index (χ2n) is 5.30. The van der Waals surface area contributed by atoms with E-state index < -0.39 is 55.1 Å². The molecule has 2 rings (SSSR count). The van der Waals surface area contributed by atoms with Crippen LogP contribution < -0.4 is 0 Å².